The number of nitrogens with zero attached hydrogens (tertiary/aromatic N) is 1. The minimum absolute atomic E-state index is 0.443. The molecule has 1 aliphatic rings. The Labute approximate surface area is 125 Å². The van der Waals surface area contributed by atoms with Crippen LogP contribution in [0.4, 0.5) is 0 Å². The molecule has 0 saturated carbocycles. The van der Waals surface area contributed by atoms with Gasteiger partial charge >= 0.3 is 0 Å². The molecule has 0 amide bonds. The molecule has 0 bridgehead atoms. The number of rotatable bonds is 2. The Bertz CT molecular complexity index is 716. The number of fused-ring (bicyclic) bond motifs is 2. The largest absolute Gasteiger partial charge is 0.198 e. The molecule has 4 rings (SSSR count). The molecular formula is C20H18N+. The average molecular weight is 272 g/mol. The van der Waals surface area contributed by atoms with Gasteiger partial charge in [0.25, 0.3) is 0 Å². The van der Waals surface area contributed by atoms with Gasteiger partial charge in [-0.15, -0.1) is 0 Å². The Balaban J connectivity index is 1.82. The predicted octanol–water partition coefficient (Wildman–Crippen LogP) is 3.71. The molecule has 0 saturated heterocycles. The third-order valence-electron chi connectivity index (χ3n) is 4.39. The van der Waals surface area contributed by atoms with Crippen molar-refractivity contribution < 1.29 is 4.57 Å². The molecule has 21 heavy (non-hydrogen) atoms. The molecule has 1 aromatic heterocycles. The van der Waals surface area contributed by atoms with Crippen LogP contribution >= 0.6 is 0 Å². The summed E-state index contributed by atoms with van der Waals surface area (Å²) in [6.07, 6.45) is 3.26. The van der Waals surface area contributed by atoms with Crippen LogP contribution in [0, 0.1) is 0 Å². The molecule has 1 heteroatoms. The second-order valence-electron chi connectivity index (χ2n) is 5.69. The SMILES string of the molecule is c1ccc(CC2c3ccccc3C[n+]3ccccc32)cc1. The maximum atomic E-state index is 2.38. The lowest BCUT2D eigenvalue weighted by Crippen LogP contribution is -2.44. The van der Waals surface area contributed by atoms with Crippen LogP contribution in [0.2, 0.25) is 0 Å². The van der Waals surface area contributed by atoms with E-state index < -0.39 is 0 Å². The van der Waals surface area contributed by atoms with Crippen LogP contribution in [-0.4, -0.2) is 0 Å². The van der Waals surface area contributed by atoms with Crippen molar-refractivity contribution in [1.82, 2.24) is 0 Å². The molecule has 0 aliphatic carbocycles. The van der Waals surface area contributed by atoms with Gasteiger partial charge in [0.05, 0.1) is 5.92 Å². The van der Waals surface area contributed by atoms with Crippen molar-refractivity contribution in [2.24, 2.45) is 0 Å². The van der Waals surface area contributed by atoms with Crippen molar-refractivity contribution in [2.45, 2.75) is 18.9 Å². The topological polar surface area (TPSA) is 3.88 Å². The molecule has 0 radical (unpaired) electrons. The summed E-state index contributed by atoms with van der Waals surface area (Å²) in [4.78, 5) is 0. The fourth-order valence-electron chi connectivity index (χ4n) is 3.38. The Morgan fingerprint density at radius 1 is 0.810 bits per heavy atom. The smallest absolute Gasteiger partial charge is 0.189 e. The quantitative estimate of drug-likeness (QED) is 0.626. The lowest BCUT2D eigenvalue weighted by Gasteiger charge is -2.23. The van der Waals surface area contributed by atoms with Crippen LogP contribution < -0.4 is 4.57 Å². The molecule has 0 N–H and O–H groups in total. The zero-order valence-electron chi connectivity index (χ0n) is 11.9. The van der Waals surface area contributed by atoms with Gasteiger partial charge in [0, 0.05) is 17.7 Å². The summed E-state index contributed by atoms with van der Waals surface area (Å²) in [5.41, 5.74) is 5.74. The lowest BCUT2D eigenvalue weighted by molar-refractivity contribution is -0.699. The predicted molar refractivity (Wildman–Crippen MR) is 84.2 cm³/mol. The van der Waals surface area contributed by atoms with E-state index in [4.69, 9.17) is 0 Å². The van der Waals surface area contributed by atoms with Crippen molar-refractivity contribution in [1.29, 1.82) is 0 Å². The summed E-state index contributed by atoms with van der Waals surface area (Å²) >= 11 is 0. The minimum atomic E-state index is 0.443. The number of pyridine rings is 1. The van der Waals surface area contributed by atoms with Crippen LogP contribution in [0.1, 0.15) is 28.3 Å². The van der Waals surface area contributed by atoms with Gasteiger partial charge in [0.2, 0.25) is 0 Å². The van der Waals surface area contributed by atoms with Gasteiger partial charge in [-0.3, -0.25) is 0 Å². The van der Waals surface area contributed by atoms with Gasteiger partial charge in [0.15, 0.2) is 18.4 Å². The fraction of sp³-hybridized carbons (Fsp3) is 0.150. The molecule has 1 unspecified atom stereocenters. The summed E-state index contributed by atoms with van der Waals surface area (Å²) in [6.45, 7) is 0.984. The van der Waals surface area contributed by atoms with E-state index in [1.165, 1.54) is 22.4 Å². The zero-order chi connectivity index (χ0) is 14.1. The molecule has 0 spiro atoms. The van der Waals surface area contributed by atoms with E-state index in [2.05, 4.69) is 83.6 Å². The van der Waals surface area contributed by atoms with Gasteiger partial charge in [-0.05, 0) is 17.5 Å². The summed E-state index contributed by atoms with van der Waals surface area (Å²) in [5.74, 6) is 0.443. The summed E-state index contributed by atoms with van der Waals surface area (Å²) in [6, 6.07) is 26.2. The highest BCUT2D eigenvalue weighted by Gasteiger charge is 2.30. The molecular weight excluding hydrogens is 254 g/mol. The van der Waals surface area contributed by atoms with Crippen LogP contribution in [0.3, 0.4) is 0 Å². The Kier molecular flexibility index (Phi) is 3.04. The first-order valence-electron chi connectivity index (χ1n) is 7.52. The summed E-state index contributed by atoms with van der Waals surface area (Å²) in [7, 11) is 0. The molecule has 2 heterocycles. The number of aromatic nitrogens is 1. The molecule has 1 atom stereocenters. The first-order chi connectivity index (χ1) is 10.4. The third-order valence-corrected chi connectivity index (χ3v) is 4.39. The van der Waals surface area contributed by atoms with Crippen molar-refractivity contribution in [3.05, 3.63) is 101 Å². The van der Waals surface area contributed by atoms with Gasteiger partial charge in [-0.1, -0.05) is 60.7 Å². The van der Waals surface area contributed by atoms with Crippen LogP contribution in [0.15, 0.2) is 79.0 Å². The monoisotopic (exact) mass is 272 g/mol. The van der Waals surface area contributed by atoms with E-state index in [0.29, 0.717) is 5.92 Å². The van der Waals surface area contributed by atoms with E-state index in [9.17, 15) is 0 Å². The number of hydrogen-bond donors (Lipinski definition) is 0. The van der Waals surface area contributed by atoms with E-state index in [1.54, 1.807) is 0 Å². The molecule has 102 valence electrons. The van der Waals surface area contributed by atoms with Crippen LogP contribution in [0.5, 0.6) is 0 Å². The molecule has 3 aromatic rings. The van der Waals surface area contributed by atoms with Gasteiger partial charge in [-0.2, -0.15) is 4.57 Å². The van der Waals surface area contributed by atoms with Crippen LogP contribution in [-0.2, 0) is 13.0 Å². The maximum Gasteiger partial charge on any atom is 0.189 e. The fourth-order valence-corrected chi connectivity index (χ4v) is 3.38. The second-order valence-corrected chi connectivity index (χ2v) is 5.69. The number of benzene rings is 2. The van der Waals surface area contributed by atoms with Crippen molar-refractivity contribution in [3.63, 3.8) is 0 Å². The maximum absolute atomic E-state index is 2.38. The second kappa shape index (κ2) is 5.17. The first kappa shape index (κ1) is 12.3. The Hall–Kier alpha value is -2.41. The molecule has 1 aliphatic heterocycles. The van der Waals surface area contributed by atoms with Crippen LogP contribution in [0.25, 0.3) is 0 Å². The lowest BCUT2D eigenvalue weighted by atomic mass is 9.83. The Morgan fingerprint density at radius 2 is 1.57 bits per heavy atom. The standard InChI is InChI=1S/C20H18N/c1-2-8-16(9-3-1)14-19-18-11-5-4-10-17(18)15-21-13-7-6-12-20(19)21/h1-13,19H,14-15H2/q+1. The normalized spacial score (nSPS) is 16.1. The zero-order valence-corrected chi connectivity index (χ0v) is 11.9. The summed E-state index contributed by atoms with van der Waals surface area (Å²) in [5, 5.41) is 0. The summed E-state index contributed by atoms with van der Waals surface area (Å²) < 4.78 is 2.38. The average Bonchev–Trinajstić information content (AvgIpc) is 2.55. The molecule has 2 aromatic carbocycles. The van der Waals surface area contributed by atoms with Gasteiger partial charge in [-0.25, -0.2) is 0 Å². The van der Waals surface area contributed by atoms with Crippen molar-refractivity contribution in [2.75, 3.05) is 0 Å². The van der Waals surface area contributed by atoms with Gasteiger partial charge in [0.1, 0.15) is 0 Å². The van der Waals surface area contributed by atoms with E-state index in [-0.39, 0.29) is 0 Å². The highest BCUT2D eigenvalue weighted by molar-refractivity contribution is 5.37. The minimum Gasteiger partial charge on any atom is -0.198 e. The van der Waals surface area contributed by atoms with E-state index in [0.717, 1.165) is 13.0 Å². The highest BCUT2D eigenvalue weighted by atomic mass is 15.0. The van der Waals surface area contributed by atoms with Crippen molar-refractivity contribution >= 4 is 0 Å². The first-order valence-corrected chi connectivity index (χ1v) is 7.52. The number of hydrogen-bond acceptors (Lipinski definition) is 0. The highest BCUT2D eigenvalue weighted by Crippen LogP contribution is 2.31. The van der Waals surface area contributed by atoms with Gasteiger partial charge < -0.3 is 0 Å². The van der Waals surface area contributed by atoms with Crippen molar-refractivity contribution in [3.8, 4) is 0 Å². The third kappa shape index (κ3) is 2.25. The van der Waals surface area contributed by atoms with E-state index >= 15 is 0 Å². The molecule has 0 fully saturated rings. The Morgan fingerprint density at radius 3 is 2.48 bits per heavy atom. The molecule has 1 nitrogen and oxygen atoms in total. The van der Waals surface area contributed by atoms with E-state index in [1.807, 2.05) is 0 Å².